The molecule has 1 aliphatic heterocycles. The Morgan fingerprint density at radius 1 is 1.52 bits per heavy atom. The molecular weight excluding hydrogens is 270 g/mol. The van der Waals surface area contributed by atoms with Crippen molar-refractivity contribution in [3.63, 3.8) is 0 Å². The summed E-state index contributed by atoms with van der Waals surface area (Å²) in [7, 11) is 0. The minimum atomic E-state index is -0.407. The van der Waals surface area contributed by atoms with Gasteiger partial charge in [-0.15, -0.1) is 0 Å². The van der Waals surface area contributed by atoms with Crippen molar-refractivity contribution in [3.8, 4) is 0 Å². The van der Waals surface area contributed by atoms with E-state index in [0.717, 1.165) is 19.4 Å². The maximum atomic E-state index is 12.3. The highest BCUT2D eigenvalue weighted by molar-refractivity contribution is 5.95. The van der Waals surface area contributed by atoms with Crippen LogP contribution in [0.25, 0.3) is 0 Å². The summed E-state index contributed by atoms with van der Waals surface area (Å²) in [5.41, 5.74) is 1.20. The Morgan fingerprint density at radius 2 is 2.29 bits per heavy atom. The second-order valence-corrected chi connectivity index (χ2v) is 5.49. The SMILES string of the molecule is CCc1ccc(NC(=O)C2NCCCC2C)cc1[N+](=O)[O-]. The number of piperidine rings is 1. The van der Waals surface area contributed by atoms with E-state index in [1.807, 2.05) is 13.8 Å². The largest absolute Gasteiger partial charge is 0.324 e. The summed E-state index contributed by atoms with van der Waals surface area (Å²) >= 11 is 0. The highest BCUT2D eigenvalue weighted by Gasteiger charge is 2.27. The minimum Gasteiger partial charge on any atom is -0.324 e. The standard InChI is InChI=1S/C15H21N3O3/c1-3-11-6-7-12(9-13(11)18(20)21)17-15(19)14-10(2)5-4-8-16-14/h6-7,9-10,14,16H,3-5,8H2,1-2H3,(H,17,19). The molecule has 1 fully saturated rings. The highest BCUT2D eigenvalue weighted by atomic mass is 16.6. The number of nitro benzene ring substituents is 1. The third kappa shape index (κ3) is 3.58. The van der Waals surface area contributed by atoms with Crippen LogP contribution < -0.4 is 10.6 Å². The van der Waals surface area contributed by atoms with Crippen molar-refractivity contribution in [1.82, 2.24) is 5.32 Å². The van der Waals surface area contributed by atoms with E-state index in [4.69, 9.17) is 0 Å². The number of amides is 1. The van der Waals surface area contributed by atoms with Gasteiger partial charge < -0.3 is 10.6 Å². The topological polar surface area (TPSA) is 84.3 Å². The fraction of sp³-hybridized carbons (Fsp3) is 0.533. The fourth-order valence-electron chi connectivity index (χ4n) is 2.73. The van der Waals surface area contributed by atoms with Crippen LogP contribution in [0.2, 0.25) is 0 Å². The quantitative estimate of drug-likeness (QED) is 0.659. The summed E-state index contributed by atoms with van der Waals surface area (Å²) in [6.07, 6.45) is 2.67. The summed E-state index contributed by atoms with van der Waals surface area (Å²) in [6.45, 7) is 4.74. The predicted molar refractivity (Wildman–Crippen MR) is 81.3 cm³/mol. The summed E-state index contributed by atoms with van der Waals surface area (Å²) < 4.78 is 0. The summed E-state index contributed by atoms with van der Waals surface area (Å²) in [5.74, 6) is 0.143. The van der Waals surface area contributed by atoms with E-state index in [0.29, 0.717) is 17.7 Å². The third-order valence-electron chi connectivity index (χ3n) is 3.98. The number of hydrogen-bond donors (Lipinski definition) is 2. The van der Waals surface area contributed by atoms with Crippen LogP contribution in [0.3, 0.4) is 0 Å². The van der Waals surface area contributed by atoms with E-state index in [2.05, 4.69) is 10.6 Å². The van der Waals surface area contributed by atoms with Gasteiger partial charge in [0, 0.05) is 17.3 Å². The van der Waals surface area contributed by atoms with Crippen molar-refractivity contribution < 1.29 is 9.72 Å². The number of carbonyl (C=O) groups excluding carboxylic acids is 1. The van der Waals surface area contributed by atoms with Crippen LogP contribution in [-0.2, 0) is 11.2 Å². The van der Waals surface area contributed by atoms with Gasteiger partial charge in [-0.05, 0) is 37.8 Å². The molecule has 1 heterocycles. The second-order valence-electron chi connectivity index (χ2n) is 5.49. The molecule has 6 heteroatoms. The maximum Gasteiger partial charge on any atom is 0.274 e. The molecule has 1 amide bonds. The average Bonchev–Trinajstić information content (AvgIpc) is 2.47. The van der Waals surface area contributed by atoms with Crippen molar-refractivity contribution in [2.75, 3.05) is 11.9 Å². The number of carbonyl (C=O) groups is 1. The van der Waals surface area contributed by atoms with Gasteiger partial charge in [-0.1, -0.05) is 19.9 Å². The van der Waals surface area contributed by atoms with Crippen LogP contribution >= 0.6 is 0 Å². The molecule has 0 radical (unpaired) electrons. The summed E-state index contributed by atoms with van der Waals surface area (Å²) in [5, 5.41) is 17.0. The summed E-state index contributed by atoms with van der Waals surface area (Å²) in [4.78, 5) is 22.9. The monoisotopic (exact) mass is 291 g/mol. The molecule has 2 rings (SSSR count). The Hall–Kier alpha value is -1.95. The molecule has 6 nitrogen and oxygen atoms in total. The Labute approximate surface area is 124 Å². The normalized spacial score (nSPS) is 21.8. The van der Waals surface area contributed by atoms with Gasteiger partial charge in [0.05, 0.1) is 11.0 Å². The van der Waals surface area contributed by atoms with Gasteiger partial charge in [-0.25, -0.2) is 0 Å². The molecule has 0 aromatic heterocycles. The number of anilines is 1. The Bertz CT molecular complexity index is 545. The first kappa shape index (κ1) is 15.4. The molecule has 1 saturated heterocycles. The van der Waals surface area contributed by atoms with Gasteiger partial charge in [0.25, 0.3) is 5.69 Å². The number of aryl methyl sites for hydroxylation is 1. The zero-order valence-electron chi connectivity index (χ0n) is 12.4. The fourth-order valence-corrected chi connectivity index (χ4v) is 2.73. The highest BCUT2D eigenvalue weighted by Crippen LogP contribution is 2.24. The van der Waals surface area contributed by atoms with Gasteiger partial charge in [0.15, 0.2) is 0 Å². The molecule has 2 unspecified atom stereocenters. The molecule has 21 heavy (non-hydrogen) atoms. The Balaban J connectivity index is 2.13. The smallest absolute Gasteiger partial charge is 0.274 e. The molecule has 1 aromatic rings. The van der Waals surface area contributed by atoms with Crippen molar-refractivity contribution in [2.24, 2.45) is 5.92 Å². The lowest BCUT2D eigenvalue weighted by Gasteiger charge is -2.28. The zero-order valence-corrected chi connectivity index (χ0v) is 12.4. The van der Waals surface area contributed by atoms with E-state index in [-0.39, 0.29) is 23.6 Å². The van der Waals surface area contributed by atoms with Crippen LogP contribution in [0.1, 0.15) is 32.3 Å². The van der Waals surface area contributed by atoms with Gasteiger partial charge >= 0.3 is 0 Å². The molecule has 1 aromatic carbocycles. The third-order valence-corrected chi connectivity index (χ3v) is 3.98. The van der Waals surface area contributed by atoms with Gasteiger partial charge in [0.1, 0.15) is 0 Å². The average molecular weight is 291 g/mol. The van der Waals surface area contributed by atoms with Crippen LogP contribution in [0, 0.1) is 16.0 Å². The molecular formula is C15H21N3O3. The van der Waals surface area contributed by atoms with Crippen molar-refractivity contribution in [2.45, 2.75) is 39.2 Å². The predicted octanol–water partition coefficient (Wildman–Crippen LogP) is 2.48. The van der Waals surface area contributed by atoms with Gasteiger partial charge in [0.2, 0.25) is 5.91 Å². The van der Waals surface area contributed by atoms with Crippen molar-refractivity contribution >= 4 is 17.3 Å². The molecule has 2 atom stereocenters. The second kappa shape index (κ2) is 6.67. The number of benzene rings is 1. The van der Waals surface area contributed by atoms with Gasteiger partial charge in [-0.2, -0.15) is 0 Å². The minimum absolute atomic E-state index is 0.0555. The molecule has 0 bridgehead atoms. The molecule has 0 saturated carbocycles. The number of nitro groups is 1. The lowest BCUT2D eigenvalue weighted by atomic mass is 9.92. The number of nitrogens with zero attached hydrogens (tertiary/aromatic N) is 1. The van der Waals surface area contributed by atoms with E-state index >= 15 is 0 Å². The Kier molecular flexibility index (Phi) is 4.90. The van der Waals surface area contributed by atoms with E-state index in [1.165, 1.54) is 6.07 Å². The van der Waals surface area contributed by atoms with Crippen LogP contribution in [0.4, 0.5) is 11.4 Å². The first-order chi connectivity index (χ1) is 10.0. The zero-order chi connectivity index (χ0) is 15.4. The lowest BCUT2D eigenvalue weighted by molar-refractivity contribution is -0.385. The van der Waals surface area contributed by atoms with E-state index in [1.54, 1.807) is 12.1 Å². The van der Waals surface area contributed by atoms with Crippen LogP contribution in [0.5, 0.6) is 0 Å². The first-order valence-corrected chi connectivity index (χ1v) is 7.34. The van der Waals surface area contributed by atoms with Crippen LogP contribution in [0.15, 0.2) is 18.2 Å². The van der Waals surface area contributed by atoms with Crippen molar-refractivity contribution in [3.05, 3.63) is 33.9 Å². The molecule has 0 spiro atoms. The summed E-state index contributed by atoms with van der Waals surface area (Å²) in [6, 6.07) is 4.62. The maximum absolute atomic E-state index is 12.3. The Morgan fingerprint density at radius 3 is 2.90 bits per heavy atom. The number of nitrogens with one attached hydrogen (secondary N) is 2. The van der Waals surface area contributed by atoms with Crippen molar-refractivity contribution in [1.29, 1.82) is 0 Å². The lowest BCUT2D eigenvalue weighted by Crippen LogP contribution is -2.48. The molecule has 114 valence electrons. The van der Waals surface area contributed by atoms with E-state index in [9.17, 15) is 14.9 Å². The van der Waals surface area contributed by atoms with Crippen LogP contribution in [-0.4, -0.2) is 23.4 Å². The number of rotatable bonds is 4. The molecule has 1 aliphatic rings. The number of hydrogen-bond acceptors (Lipinski definition) is 4. The first-order valence-electron chi connectivity index (χ1n) is 7.34. The molecule has 2 N–H and O–H groups in total. The molecule has 0 aliphatic carbocycles. The van der Waals surface area contributed by atoms with Gasteiger partial charge in [-0.3, -0.25) is 14.9 Å². The van der Waals surface area contributed by atoms with E-state index < -0.39 is 4.92 Å².